The normalized spacial score (nSPS) is 13.0. The summed E-state index contributed by atoms with van der Waals surface area (Å²) in [5.41, 5.74) is 16.8. The van der Waals surface area contributed by atoms with Crippen molar-refractivity contribution < 1.29 is 0 Å². The lowest BCUT2D eigenvalue weighted by Crippen LogP contribution is -2.15. The molecule has 1 aliphatic rings. The molecule has 0 saturated heterocycles. The highest BCUT2D eigenvalue weighted by Crippen LogP contribution is 2.54. The summed E-state index contributed by atoms with van der Waals surface area (Å²) in [5, 5.41) is 10.1. The molecule has 2 nitrogen and oxygen atoms in total. The van der Waals surface area contributed by atoms with Crippen molar-refractivity contribution in [2.24, 2.45) is 0 Å². The third-order valence-corrected chi connectivity index (χ3v) is 13.9. The van der Waals surface area contributed by atoms with Crippen LogP contribution in [-0.4, -0.2) is 9.55 Å². The van der Waals surface area contributed by atoms with Crippen LogP contribution < -0.4 is 0 Å². The van der Waals surface area contributed by atoms with Crippen molar-refractivity contribution in [3.8, 4) is 61.6 Å². The van der Waals surface area contributed by atoms with Gasteiger partial charge in [0.05, 0.1) is 11.0 Å². The van der Waals surface area contributed by atoms with E-state index in [9.17, 15) is 0 Å². The molecule has 13 rings (SSSR count). The first-order valence-electron chi connectivity index (χ1n) is 22.3. The van der Waals surface area contributed by atoms with Crippen LogP contribution in [0.15, 0.2) is 218 Å². The van der Waals surface area contributed by atoms with Crippen LogP contribution in [0.4, 0.5) is 0 Å². The molecule has 0 unspecified atom stereocenters. The summed E-state index contributed by atoms with van der Waals surface area (Å²) in [6.45, 7) is 4.80. The van der Waals surface area contributed by atoms with Crippen molar-refractivity contribution >= 4 is 54.1 Å². The van der Waals surface area contributed by atoms with Crippen LogP contribution in [0.3, 0.4) is 0 Å². The van der Waals surface area contributed by atoms with Gasteiger partial charge in [0.1, 0.15) is 5.82 Å². The predicted molar refractivity (Wildman–Crippen MR) is 270 cm³/mol. The maximum atomic E-state index is 5.14. The molecule has 1 aromatic heterocycles. The molecular weight excluding hydrogens is 773 g/mol. The highest BCUT2D eigenvalue weighted by atomic mass is 15.1. The van der Waals surface area contributed by atoms with Crippen molar-refractivity contribution in [3.05, 3.63) is 230 Å². The van der Waals surface area contributed by atoms with E-state index in [0.29, 0.717) is 0 Å². The number of imidazole rings is 1. The van der Waals surface area contributed by atoms with Gasteiger partial charge in [0, 0.05) is 16.7 Å². The van der Waals surface area contributed by atoms with Crippen molar-refractivity contribution in [2.75, 3.05) is 0 Å². The highest BCUT2D eigenvalue weighted by molar-refractivity contribution is 6.23. The number of aromatic nitrogens is 2. The monoisotopic (exact) mass is 814 g/mol. The number of para-hydroxylation sites is 3. The summed E-state index contributed by atoms with van der Waals surface area (Å²) < 4.78 is 2.27. The standard InChI is InChI=1S/C62H42N2/c1-62(2)55-33-32-45(41-24-28-42(29-25-41)61-63-57-22-12-13-23-58(57)64(61)48-18-4-3-5-19-48)36-51(55)52-37-53-54(38-56(52)62)60(47-31-27-40-15-7-9-17-44(40)35-47)50-21-11-10-20-49(50)59(53)46-30-26-39-14-6-8-16-43(39)34-46/h3-38H,1-2H3. The van der Waals surface area contributed by atoms with Crippen LogP contribution in [0.2, 0.25) is 0 Å². The lowest BCUT2D eigenvalue weighted by Gasteiger charge is -2.24. The Kier molecular flexibility index (Phi) is 7.98. The fourth-order valence-electron chi connectivity index (χ4n) is 10.8. The zero-order valence-electron chi connectivity index (χ0n) is 35.7. The molecular formula is C62H42N2. The molecule has 11 aromatic carbocycles. The molecule has 0 bridgehead atoms. The van der Waals surface area contributed by atoms with E-state index in [0.717, 1.165) is 28.1 Å². The van der Waals surface area contributed by atoms with Crippen molar-refractivity contribution in [1.82, 2.24) is 9.55 Å². The SMILES string of the molecule is CC1(C)c2ccc(-c3ccc(-c4nc5ccccc5n4-c4ccccc4)cc3)cc2-c2cc3c(-c4ccc5ccccc5c4)c4ccccc4c(-c4ccc5ccccc5c4)c3cc21. The third kappa shape index (κ3) is 5.55. The van der Waals surface area contributed by atoms with E-state index >= 15 is 0 Å². The summed E-state index contributed by atoms with van der Waals surface area (Å²) >= 11 is 0. The second-order valence-electron chi connectivity index (χ2n) is 17.9. The number of fused-ring (bicyclic) bond motifs is 8. The molecule has 0 aliphatic heterocycles. The Hall–Kier alpha value is -8.07. The van der Waals surface area contributed by atoms with E-state index in [1.165, 1.54) is 98.7 Å². The highest BCUT2D eigenvalue weighted by Gasteiger charge is 2.37. The lowest BCUT2D eigenvalue weighted by molar-refractivity contribution is 0.661. The molecule has 12 aromatic rings. The van der Waals surface area contributed by atoms with Crippen LogP contribution in [-0.2, 0) is 5.41 Å². The summed E-state index contributed by atoms with van der Waals surface area (Å²) in [5.74, 6) is 0.938. The van der Waals surface area contributed by atoms with Gasteiger partial charge in [0.2, 0.25) is 0 Å². The Balaban J connectivity index is 1.01. The van der Waals surface area contributed by atoms with Gasteiger partial charge in [-0.1, -0.05) is 178 Å². The zero-order chi connectivity index (χ0) is 42.5. The fourth-order valence-corrected chi connectivity index (χ4v) is 10.8. The van der Waals surface area contributed by atoms with Crippen LogP contribution in [0.25, 0.3) is 116 Å². The Morgan fingerprint density at radius 1 is 0.359 bits per heavy atom. The van der Waals surface area contributed by atoms with E-state index in [4.69, 9.17) is 4.98 Å². The van der Waals surface area contributed by atoms with Gasteiger partial charge in [0.15, 0.2) is 0 Å². The fraction of sp³-hybridized carbons (Fsp3) is 0.0484. The summed E-state index contributed by atoms with van der Waals surface area (Å²) in [7, 11) is 0. The van der Waals surface area contributed by atoms with Crippen LogP contribution in [0.1, 0.15) is 25.0 Å². The number of hydrogen-bond acceptors (Lipinski definition) is 1. The van der Waals surface area contributed by atoms with Gasteiger partial charge in [-0.3, -0.25) is 4.57 Å². The zero-order valence-corrected chi connectivity index (χ0v) is 35.7. The lowest BCUT2D eigenvalue weighted by atomic mass is 9.79. The molecule has 0 radical (unpaired) electrons. The van der Waals surface area contributed by atoms with E-state index in [-0.39, 0.29) is 5.41 Å². The van der Waals surface area contributed by atoms with Gasteiger partial charge >= 0.3 is 0 Å². The molecule has 0 N–H and O–H groups in total. The number of nitrogens with zero attached hydrogens (tertiary/aromatic N) is 2. The second-order valence-corrected chi connectivity index (χ2v) is 17.9. The number of rotatable bonds is 5. The van der Waals surface area contributed by atoms with Gasteiger partial charge in [-0.15, -0.1) is 0 Å². The van der Waals surface area contributed by atoms with Crippen molar-refractivity contribution in [2.45, 2.75) is 19.3 Å². The minimum Gasteiger partial charge on any atom is -0.292 e. The molecule has 64 heavy (non-hydrogen) atoms. The molecule has 0 fully saturated rings. The minimum atomic E-state index is -0.201. The predicted octanol–water partition coefficient (Wildman–Crippen LogP) is 16.6. The van der Waals surface area contributed by atoms with E-state index in [2.05, 4.69) is 237 Å². The smallest absolute Gasteiger partial charge is 0.145 e. The van der Waals surface area contributed by atoms with Crippen LogP contribution >= 0.6 is 0 Å². The first-order chi connectivity index (χ1) is 31.5. The summed E-state index contributed by atoms with van der Waals surface area (Å²) in [4.78, 5) is 5.14. The van der Waals surface area contributed by atoms with Gasteiger partial charge < -0.3 is 0 Å². The van der Waals surface area contributed by atoms with Gasteiger partial charge in [-0.05, 0) is 153 Å². The number of hydrogen-bond donors (Lipinski definition) is 0. The van der Waals surface area contributed by atoms with E-state index in [1.54, 1.807) is 0 Å². The Morgan fingerprint density at radius 2 is 0.875 bits per heavy atom. The molecule has 2 heteroatoms. The minimum absolute atomic E-state index is 0.201. The molecule has 0 atom stereocenters. The average molecular weight is 815 g/mol. The maximum absolute atomic E-state index is 5.14. The molecule has 300 valence electrons. The summed E-state index contributed by atoms with van der Waals surface area (Å²) in [6, 6.07) is 80.5. The molecule has 0 saturated carbocycles. The van der Waals surface area contributed by atoms with Crippen molar-refractivity contribution in [1.29, 1.82) is 0 Å². The van der Waals surface area contributed by atoms with E-state index in [1.807, 2.05) is 0 Å². The number of benzene rings is 11. The summed E-state index contributed by atoms with van der Waals surface area (Å²) in [6.07, 6.45) is 0. The first-order valence-corrected chi connectivity index (χ1v) is 22.3. The van der Waals surface area contributed by atoms with Gasteiger partial charge in [0.25, 0.3) is 0 Å². The van der Waals surface area contributed by atoms with Gasteiger partial charge in [-0.2, -0.15) is 0 Å². The molecule has 0 amide bonds. The topological polar surface area (TPSA) is 17.8 Å². The maximum Gasteiger partial charge on any atom is 0.145 e. The first kappa shape index (κ1) is 36.6. The average Bonchev–Trinajstić information content (AvgIpc) is 3.84. The quantitative estimate of drug-likeness (QED) is 0.158. The largest absolute Gasteiger partial charge is 0.292 e. The Bertz CT molecular complexity index is 3850. The molecule has 0 spiro atoms. The van der Waals surface area contributed by atoms with Crippen LogP contribution in [0, 0.1) is 0 Å². The van der Waals surface area contributed by atoms with Gasteiger partial charge in [-0.25, -0.2) is 4.98 Å². The second kappa shape index (κ2) is 14.0. The Labute approximate surface area is 372 Å². The molecule has 1 aliphatic carbocycles. The third-order valence-electron chi connectivity index (χ3n) is 13.9. The van der Waals surface area contributed by atoms with Crippen LogP contribution in [0.5, 0.6) is 0 Å². The Morgan fingerprint density at radius 3 is 1.55 bits per heavy atom. The van der Waals surface area contributed by atoms with E-state index < -0.39 is 0 Å². The molecule has 1 heterocycles. The van der Waals surface area contributed by atoms with Crippen molar-refractivity contribution in [3.63, 3.8) is 0 Å².